The second kappa shape index (κ2) is 5.41. The molecule has 0 atom stereocenters. The average Bonchev–Trinajstić information content (AvgIpc) is 3.21. The van der Waals surface area contributed by atoms with Crippen LogP contribution in [0.2, 0.25) is 0 Å². The van der Waals surface area contributed by atoms with Gasteiger partial charge in [-0.1, -0.05) is 6.07 Å². The van der Waals surface area contributed by atoms with Gasteiger partial charge in [0, 0.05) is 40.0 Å². The lowest BCUT2D eigenvalue weighted by atomic mass is 10.2. The normalized spacial score (nSPS) is 12.0. The first-order chi connectivity index (χ1) is 11.5. The monoisotopic (exact) mass is 346 g/mol. The van der Waals surface area contributed by atoms with Crippen LogP contribution < -0.4 is 0 Å². The molecule has 0 saturated heterocycles. The summed E-state index contributed by atoms with van der Waals surface area (Å²) in [6.07, 6.45) is 1.85. The van der Waals surface area contributed by atoms with Gasteiger partial charge in [0.2, 0.25) is 5.78 Å². The van der Waals surface area contributed by atoms with E-state index < -0.39 is 11.9 Å². The van der Waals surface area contributed by atoms with Gasteiger partial charge in [-0.2, -0.15) is 13.2 Å². The van der Waals surface area contributed by atoms with Crippen molar-refractivity contribution >= 4 is 17.1 Å². The van der Waals surface area contributed by atoms with Gasteiger partial charge < -0.3 is 0 Å². The van der Waals surface area contributed by atoms with E-state index in [1.807, 2.05) is 23.6 Å². The summed E-state index contributed by atoms with van der Waals surface area (Å²) < 4.78 is 39.7. The van der Waals surface area contributed by atoms with E-state index >= 15 is 0 Å². The fraction of sp³-hybridized carbons (Fsp3) is 0.0625. The van der Waals surface area contributed by atoms with Gasteiger partial charge in [-0.3, -0.25) is 9.38 Å². The van der Waals surface area contributed by atoms with E-state index in [4.69, 9.17) is 0 Å². The summed E-state index contributed by atoms with van der Waals surface area (Å²) in [6.45, 7) is 0. The van der Waals surface area contributed by atoms with Crippen molar-refractivity contribution in [1.29, 1.82) is 0 Å². The number of halogens is 3. The van der Waals surface area contributed by atoms with Gasteiger partial charge >= 0.3 is 6.18 Å². The molecule has 8 heteroatoms. The number of rotatable bonds is 2. The lowest BCUT2D eigenvalue weighted by Crippen LogP contribution is -2.09. The summed E-state index contributed by atoms with van der Waals surface area (Å²) in [4.78, 5) is 12.7. The van der Waals surface area contributed by atoms with E-state index in [1.54, 1.807) is 16.8 Å². The topological polar surface area (TPSA) is 43.1 Å². The van der Waals surface area contributed by atoms with Crippen LogP contribution in [0.25, 0.3) is 27.5 Å². The third kappa shape index (κ3) is 2.54. The third-order valence-corrected chi connectivity index (χ3v) is 4.49. The van der Waals surface area contributed by atoms with Gasteiger partial charge in [0.1, 0.15) is 5.69 Å². The van der Waals surface area contributed by atoms with Gasteiger partial charge in [-0.25, -0.2) is 9.97 Å². The minimum atomic E-state index is -4.48. The molecule has 0 amide bonds. The van der Waals surface area contributed by atoms with Crippen LogP contribution in [-0.2, 0) is 6.18 Å². The van der Waals surface area contributed by atoms with Crippen molar-refractivity contribution in [3.05, 3.63) is 60.1 Å². The van der Waals surface area contributed by atoms with Crippen LogP contribution >= 0.6 is 11.3 Å². The molecule has 0 spiro atoms. The summed E-state index contributed by atoms with van der Waals surface area (Å²) >= 11 is 1.54. The molecule has 4 nitrogen and oxygen atoms in total. The van der Waals surface area contributed by atoms with E-state index in [-0.39, 0.29) is 5.78 Å². The molecule has 0 aromatic carbocycles. The van der Waals surface area contributed by atoms with Crippen molar-refractivity contribution in [3.63, 3.8) is 0 Å². The molecule has 0 fully saturated rings. The van der Waals surface area contributed by atoms with Gasteiger partial charge in [-0.15, -0.1) is 11.3 Å². The molecular weight excluding hydrogens is 337 g/mol. The molecule has 4 rings (SSSR count). The van der Waals surface area contributed by atoms with Crippen molar-refractivity contribution in [2.75, 3.05) is 0 Å². The highest BCUT2D eigenvalue weighted by Gasteiger charge is 2.33. The largest absolute Gasteiger partial charge is 0.433 e. The van der Waals surface area contributed by atoms with Gasteiger partial charge in [-0.05, 0) is 18.2 Å². The first kappa shape index (κ1) is 14.8. The zero-order chi connectivity index (χ0) is 16.7. The summed E-state index contributed by atoms with van der Waals surface area (Å²) in [5.74, 6) is 0.0222. The minimum Gasteiger partial charge on any atom is -0.284 e. The number of imidazole rings is 1. The molecule has 24 heavy (non-hydrogen) atoms. The highest BCUT2D eigenvalue weighted by atomic mass is 32.1. The number of fused-ring (bicyclic) bond motifs is 1. The predicted molar refractivity (Wildman–Crippen MR) is 84.5 cm³/mol. The quantitative estimate of drug-likeness (QED) is 0.535. The Kier molecular flexibility index (Phi) is 3.34. The van der Waals surface area contributed by atoms with Crippen molar-refractivity contribution < 1.29 is 13.2 Å². The Balaban J connectivity index is 1.76. The zero-order valence-corrected chi connectivity index (χ0v) is 12.8. The summed E-state index contributed by atoms with van der Waals surface area (Å²) in [7, 11) is 0. The summed E-state index contributed by atoms with van der Waals surface area (Å²) in [5, 5.41) is 1.93. The van der Waals surface area contributed by atoms with E-state index in [0.717, 1.165) is 22.1 Å². The van der Waals surface area contributed by atoms with Crippen molar-refractivity contribution in [1.82, 2.24) is 19.4 Å². The lowest BCUT2D eigenvalue weighted by Gasteiger charge is -2.05. The molecule has 0 bridgehead atoms. The Bertz CT molecular complexity index is 1010. The minimum absolute atomic E-state index is 0.0222. The zero-order valence-electron chi connectivity index (χ0n) is 12.0. The molecule has 0 saturated carbocycles. The third-order valence-electron chi connectivity index (χ3n) is 3.51. The standard InChI is InChI=1S/C16H9F3N4S/c17-16(18,19)14-3-5-23-12(8-21-15(23)22-14)11-6-13(24-9-11)10-2-1-4-20-7-10/h1-9H. The molecule has 0 unspecified atom stereocenters. The molecule has 0 aliphatic carbocycles. The van der Waals surface area contributed by atoms with Crippen LogP contribution in [0.4, 0.5) is 13.2 Å². The maximum atomic E-state index is 12.7. The number of thiophene rings is 1. The predicted octanol–water partition coefficient (Wildman–Crippen LogP) is 4.54. The number of aromatic nitrogens is 4. The highest BCUT2D eigenvalue weighted by Crippen LogP contribution is 2.33. The van der Waals surface area contributed by atoms with Gasteiger partial charge in [0.05, 0.1) is 11.9 Å². The van der Waals surface area contributed by atoms with Crippen LogP contribution in [0.15, 0.2) is 54.4 Å². The van der Waals surface area contributed by atoms with E-state index in [9.17, 15) is 13.2 Å². The molecule has 0 aliphatic heterocycles. The van der Waals surface area contributed by atoms with Crippen LogP contribution in [0.3, 0.4) is 0 Å². The molecule has 4 aromatic heterocycles. The smallest absolute Gasteiger partial charge is 0.284 e. The average molecular weight is 346 g/mol. The fourth-order valence-corrected chi connectivity index (χ4v) is 3.27. The fourth-order valence-electron chi connectivity index (χ4n) is 2.37. The van der Waals surface area contributed by atoms with E-state index in [0.29, 0.717) is 5.69 Å². The maximum absolute atomic E-state index is 12.7. The highest BCUT2D eigenvalue weighted by molar-refractivity contribution is 7.14. The Morgan fingerprint density at radius 3 is 2.71 bits per heavy atom. The first-order valence-electron chi connectivity index (χ1n) is 6.93. The van der Waals surface area contributed by atoms with Crippen LogP contribution in [0.5, 0.6) is 0 Å². The lowest BCUT2D eigenvalue weighted by molar-refractivity contribution is -0.141. The molecule has 4 heterocycles. The van der Waals surface area contributed by atoms with E-state index in [1.165, 1.54) is 23.7 Å². The Morgan fingerprint density at radius 1 is 1.08 bits per heavy atom. The molecule has 0 aliphatic rings. The van der Waals surface area contributed by atoms with Crippen LogP contribution in [-0.4, -0.2) is 19.4 Å². The second-order valence-electron chi connectivity index (χ2n) is 5.07. The number of hydrogen-bond donors (Lipinski definition) is 0. The number of hydrogen-bond acceptors (Lipinski definition) is 4. The van der Waals surface area contributed by atoms with Crippen LogP contribution in [0, 0.1) is 0 Å². The number of nitrogens with zero attached hydrogens (tertiary/aromatic N) is 4. The van der Waals surface area contributed by atoms with Crippen molar-refractivity contribution in [2.45, 2.75) is 6.18 Å². The molecular formula is C16H9F3N4S. The summed E-state index contributed by atoms with van der Waals surface area (Å²) in [6, 6.07) is 6.72. The number of alkyl halides is 3. The Hall–Kier alpha value is -2.74. The first-order valence-corrected chi connectivity index (χ1v) is 7.81. The Labute approximate surface area is 138 Å². The second-order valence-corrected chi connectivity index (χ2v) is 5.98. The number of pyridine rings is 1. The van der Waals surface area contributed by atoms with Crippen LogP contribution in [0.1, 0.15) is 5.69 Å². The van der Waals surface area contributed by atoms with E-state index in [2.05, 4.69) is 15.0 Å². The van der Waals surface area contributed by atoms with Crippen molar-refractivity contribution in [2.24, 2.45) is 0 Å². The summed E-state index contributed by atoms with van der Waals surface area (Å²) in [5.41, 5.74) is 1.60. The molecule has 4 aromatic rings. The van der Waals surface area contributed by atoms with Crippen molar-refractivity contribution in [3.8, 4) is 21.7 Å². The Morgan fingerprint density at radius 2 is 1.96 bits per heavy atom. The maximum Gasteiger partial charge on any atom is 0.433 e. The van der Waals surface area contributed by atoms with Gasteiger partial charge in [0.15, 0.2) is 0 Å². The molecule has 0 radical (unpaired) electrons. The molecule has 0 N–H and O–H groups in total. The SMILES string of the molecule is FC(F)(F)c1ccn2c(-c3csc(-c4cccnc4)c3)cnc2n1. The molecule has 120 valence electrons. The van der Waals surface area contributed by atoms with Gasteiger partial charge in [0.25, 0.3) is 0 Å².